The molecule has 1 aliphatic rings. The van der Waals surface area contributed by atoms with Gasteiger partial charge in [0.2, 0.25) is 0 Å². The summed E-state index contributed by atoms with van der Waals surface area (Å²) in [4.78, 5) is 25.7. The van der Waals surface area contributed by atoms with Crippen LogP contribution in [0.25, 0.3) is 11.0 Å². The molecule has 1 atom stereocenters. The van der Waals surface area contributed by atoms with E-state index in [0.717, 1.165) is 24.9 Å². The van der Waals surface area contributed by atoms with Crippen LogP contribution in [0.2, 0.25) is 0 Å². The fraction of sp³-hybridized carbons (Fsp3) is 0.444. The van der Waals surface area contributed by atoms with Gasteiger partial charge in [0, 0.05) is 36.3 Å². The Bertz CT molecular complexity index is 784. The summed E-state index contributed by atoms with van der Waals surface area (Å²) in [7, 11) is 0. The first-order chi connectivity index (χ1) is 11.5. The summed E-state index contributed by atoms with van der Waals surface area (Å²) in [6.45, 7) is 7.21. The van der Waals surface area contributed by atoms with Gasteiger partial charge >= 0.3 is 11.7 Å². The third-order valence-electron chi connectivity index (χ3n) is 4.48. The van der Waals surface area contributed by atoms with Crippen LogP contribution in [0.3, 0.4) is 0 Å². The van der Waals surface area contributed by atoms with Crippen molar-refractivity contribution >= 4 is 22.7 Å². The lowest BCUT2D eigenvalue weighted by molar-refractivity contribution is 0.247. The van der Waals surface area contributed by atoms with Gasteiger partial charge in [-0.05, 0) is 57.0 Å². The number of benzene rings is 1. The van der Waals surface area contributed by atoms with E-state index in [0.29, 0.717) is 29.8 Å². The highest BCUT2D eigenvalue weighted by Crippen LogP contribution is 2.19. The molecule has 2 aromatic rings. The molecule has 24 heavy (non-hydrogen) atoms. The van der Waals surface area contributed by atoms with E-state index in [1.165, 1.54) is 6.07 Å². The van der Waals surface area contributed by atoms with E-state index < -0.39 is 0 Å². The number of carbonyl (C=O) groups is 1. The summed E-state index contributed by atoms with van der Waals surface area (Å²) in [5.74, 6) is 0.504. The van der Waals surface area contributed by atoms with Crippen LogP contribution in [0.4, 0.5) is 10.5 Å². The van der Waals surface area contributed by atoms with Crippen LogP contribution in [-0.2, 0) is 0 Å². The summed E-state index contributed by atoms with van der Waals surface area (Å²) in [5, 5.41) is 6.54. The van der Waals surface area contributed by atoms with E-state index in [9.17, 15) is 9.59 Å². The van der Waals surface area contributed by atoms with Gasteiger partial charge in [-0.2, -0.15) is 0 Å². The molecule has 6 heteroatoms. The third kappa shape index (κ3) is 3.94. The van der Waals surface area contributed by atoms with Crippen molar-refractivity contribution in [3.05, 3.63) is 40.8 Å². The van der Waals surface area contributed by atoms with Gasteiger partial charge in [-0.15, -0.1) is 0 Å². The average Bonchev–Trinajstić information content (AvgIpc) is 3.02. The monoisotopic (exact) mass is 329 g/mol. The first-order valence-corrected chi connectivity index (χ1v) is 8.34. The molecule has 2 heterocycles. The number of amides is 2. The first kappa shape index (κ1) is 16.5. The zero-order valence-corrected chi connectivity index (χ0v) is 14.0. The summed E-state index contributed by atoms with van der Waals surface area (Å²) in [6.07, 6.45) is 1.12. The Morgan fingerprint density at radius 1 is 1.33 bits per heavy atom. The van der Waals surface area contributed by atoms with E-state index in [4.69, 9.17) is 4.42 Å². The molecule has 0 aliphatic carbocycles. The SMILES string of the molecule is CC(C)N1CC[C@H](CNC(=O)Nc2ccc3oc(=O)ccc3c2)C1. The fourth-order valence-electron chi connectivity index (χ4n) is 3.06. The highest BCUT2D eigenvalue weighted by atomic mass is 16.4. The third-order valence-corrected chi connectivity index (χ3v) is 4.48. The molecule has 1 aromatic heterocycles. The summed E-state index contributed by atoms with van der Waals surface area (Å²) < 4.78 is 5.08. The number of likely N-dealkylation sites (tertiary alicyclic amines) is 1. The Balaban J connectivity index is 1.53. The van der Waals surface area contributed by atoms with Crippen LogP contribution in [0, 0.1) is 5.92 Å². The Hall–Kier alpha value is -2.34. The highest BCUT2D eigenvalue weighted by molar-refractivity contribution is 5.92. The van der Waals surface area contributed by atoms with Crippen molar-refractivity contribution in [2.24, 2.45) is 5.92 Å². The van der Waals surface area contributed by atoms with Gasteiger partial charge in [-0.3, -0.25) is 0 Å². The maximum absolute atomic E-state index is 12.1. The Morgan fingerprint density at radius 2 is 2.17 bits per heavy atom. The Morgan fingerprint density at radius 3 is 2.92 bits per heavy atom. The lowest BCUT2D eigenvalue weighted by Gasteiger charge is -2.20. The van der Waals surface area contributed by atoms with Crippen molar-refractivity contribution in [1.82, 2.24) is 10.2 Å². The summed E-state index contributed by atoms with van der Waals surface area (Å²) in [5.41, 5.74) is 0.797. The number of anilines is 1. The molecule has 3 rings (SSSR count). The van der Waals surface area contributed by atoms with Crippen molar-refractivity contribution < 1.29 is 9.21 Å². The zero-order valence-electron chi connectivity index (χ0n) is 14.0. The Kier molecular flexibility index (Phi) is 4.85. The summed E-state index contributed by atoms with van der Waals surface area (Å²) >= 11 is 0. The number of nitrogens with zero attached hydrogens (tertiary/aromatic N) is 1. The van der Waals surface area contributed by atoms with E-state index in [2.05, 4.69) is 29.4 Å². The lowest BCUT2D eigenvalue weighted by Crippen LogP contribution is -2.35. The van der Waals surface area contributed by atoms with Crippen molar-refractivity contribution in [1.29, 1.82) is 0 Å². The number of fused-ring (bicyclic) bond motifs is 1. The molecule has 1 fully saturated rings. The van der Waals surface area contributed by atoms with Crippen LogP contribution in [0.5, 0.6) is 0 Å². The predicted octanol–water partition coefficient (Wildman–Crippen LogP) is 2.64. The number of carbonyl (C=O) groups excluding carboxylic acids is 1. The molecular formula is C18H23N3O3. The fourth-order valence-corrected chi connectivity index (χ4v) is 3.06. The second kappa shape index (κ2) is 7.05. The van der Waals surface area contributed by atoms with Crippen molar-refractivity contribution in [3.63, 3.8) is 0 Å². The van der Waals surface area contributed by atoms with Gasteiger partial charge in [0.25, 0.3) is 0 Å². The highest BCUT2D eigenvalue weighted by Gasteiger charge is 2.24. The molecule has 6 nitrogen and oxygen atoms in total. The number of hydrogen-bond donors (Lipinski definition) is 2. The largest absolute Gasteiger partial charge is 0.423 e. The van der Waals surface area contributed by atoms with Crippen LogP contribution in [-0.4, -0.2) is 36.6 Å². The number of hydrogen-bond acceptors (Lipinski definition) is 4. The van der Waals surface area contributed by atoms with E-state index in [1.807, 2.05) is 0 Å². The van der Waals surface area contributed by atoms with Crippen molar-refractivity contribution in [2.45, 2.75) is 26.3 Å². The molecule has 0 bridgehead atoms. The van der Waals surface area contributed by atoms with Crippen LogP contribution in [0.1, 0.15) is 20.3 Å². The molecule has 1 aromatic carbocycles. The normalized spacial score (nSPS) is 18.2. The molecule has 0 unspecified atom stereocenters. The van der Waals surface area contributed by atoms with Crippen LogP contribution < -0.4 is 16.3 Å². The van der Waals surface area contributed by atoms with Gasteiger partial charge in [0.05, 0.1) is 0 Å². The van der Waals surface area contributed by atoms with Crippen LogP contribution in [0.15, 0.2) is 39.5 Å². The van der Waals surface area contributed by atoms with Gasteiger partial charge in [0.15, 0.2) is 0 Å². The Labute approximate surface area is 140 Å². The summed E-state index contributed by atoms with van der Waals surface area (Å²) in [6, 6.07) is 8.59. The maximum atomic E-state index is 12.1. The molecule has 2 amide bonds. The minimum atomic E-state index is -0.382. The number of nitrogens with one attached hydrogen (secondary N) is 2. The van der Waals surface area contributed by atoms with E-state index in [1.54, 1.807) is 24.3 Å². The second-order valence-corrected chi connectivity index (χ2v) is 6.59. The standard InChI is InChI=1S/C18H23N3O3/c1-12(2)21-8-7-13(11-21)10-19-18(23)20-15-4-5-16-14(9-15)3-6-17(22)24-16/h3-6,9,12-13H,7-8,10-11H2,1-2H3,(H2,19,20,23)/t13-/m1/s1. The van der Waals surface area contributed by atoms with Crippen LogP contribution >= 0.6 is 0 Å². The van der Waals surface area contributed by atoms with E-state index in [-0.39, 0.29) is 11.7 Å². The minimum Gasteiger partial charge on any atom is -0.423 e. The lowest BCUT2D eigenvalue weighted by atomic mass is 10.1. The molecule has 0 radical (unpaired) electrons. The quantitative estimate of drug-likeness (QED) is 0.846. The predicted molar refractivity (Wildman–Crippen MR) is 94.3 cm³/mol. The molecule has 0 spiro atoms. The van der Waals surface area contributed by atoms with Gasteiger partial charge in [0.1, 0.15) is 5.58 Å². The molecule has 1 aliphatic heterocycles. The number of urea groups is 1. The molecule has 128 valence electrons. The smallest absolute Gasteiger partial charge is 0.336 e. The van der Waals surface area contributed by atoms with Gasteiger partial charge in [-0.25, -0.2) is 9.59 Å². The zero-order chi connectivity index (χ0) is 17.1. The van der Waals surface area contributed by atoms with Crippen molar-refractivity contribution in [3.8, 4) is 0 Å². The molecule has 1 saturated heterocycles. The number of rotatable bonds is 4. The van der Waals surface area contributed by atoms with Crippen molar-refractivity contribution in [2.75, 3.05) is 25.0 Å². The molecular weight excluding hydrogens is 306 g/mol. The van der Waals surface area contributed by atoms with E-state index >= 15 is 0 Å². The average molecular weight is 329 g/mol. The topological polar surface area (TPSA) is 74.6 Å². The minimum absolute atomic E-state index is 0.213. The molecule has 2 N–H and O–H groups in total. The maximum Gasteiger partial charge on any atom is 0.336 e. The van der Waals surface area contributed by atoms with Gasteiger partial charge in [-0.1, -0.05) is 0 Å². The second-order valence-electron chi connectivity index (χ2n) is 6.59. The molecule has 0 saturated carbocycles. The first-order valence-electron chi connectivity index (χ1n) is 8.34. The van der Waals surface area contributed by atoms with Gasteiger partial charge < -0.3 is 20.0 Å².